The summed E-state index contributed by atoms with van der Waals surface area (Å²) in [6.45, 7) is 5.79. The number of thiophene rings is 1. The first kappa shape index (κ1) is 21.0. The summed E-state index contributed by atoms with van der Waals surface area (Å²) in [5, 5.41) is 3.75. The van der Waals surface area contributed by atoms with Gasteiger partial charge in [-0.3, -0.25) is 14.2 Å². The predicted molar refractivity (Wildman–Crippen MR) is 134 cm³/mol. The van der Waals surface area contributed by atoms with Gasteiger partial charge in [0.25, 0.3) is 5.56 Å². The molecule has 6 nitrogen and oxygen atoms in total. The van der Waals surface area contributed by atoms with E-state index in [0.29, 0.717) is 15.9 Å². The number of nitrogens with one attached hydrogen (secondary N) is 1. The Morgan fingerprint density at radius 1 is 1.03 bits per heavy atom. The van der Waals surface area contributed by atoms with E-state index in [2.05, 4.69) is 15.3 Å². The topological polar surface area (TPSA) is 76.9 Å². The van der Waals surface area contributed by atoms with Crippen LogP contribution in [0.2, 0.25) is 0 Å². The van der Waals surface area contributed by atoms with E-state index in [1.165, 1.54) is 22.2 Å². The maximum absolute atomic E-state index is 13.3. The fraction of sp³-hybridized carbons (Fsp3) is 0.154. The van der Waals surface area contributed by atoms with Gasteiger partial charge in [0.1, 0.15) is 16.1 Å². The molecule has 1 amide bonds. The minimum absolute atomic E-state index is 0.110. The minimum atomic E-state index is -0.275. The molecule has 0 saturated heterocycles. The summed E-state index contributed by atoms with van der Waals surface area (Å²) in [5.41, 5.74) is 6.15. The highest BCUT2D eigenvalue weighted by Crippen LogP contribution is 2.37. The number of fused-ring (bicyclic) bond motifs is 3. The number of amides is 1. The number of nitrogens with zero attached hydrogens (tertiary/aromatic N) is 3. The van der Waals surface area contributed by atoms with E-state index >= 15 is 0 Å². The molecule has 7 heteroatoms. The zero-order valence-corrected chi connectivity index (χ0v) is 19.4. The highest BCUT2D eigenvalue weighted by Gasteiger charge is 2.18. The van der Waals surface area contributed by atoms with Gasteiger partial charge in [-0.2, -0.15) is 0 Å². The molecule has 0 spiro atoms. The number of aryl methyl sites for hydroxylation is 3. The Balaban J connectivity index is 1.55. The molecule has 0 radical (unpaired) electrons. The molecule has 2 aromatic carbocycles. The zero-order valence-electron chi connectivity index (χ0n) is 18.5. The zero-order chi connectivity index (χ0) is 23.1. The highest BCUT2D eigenvalue weighted by molar-refractivity contribution is 7.25. The normalized spacial score (nSPS) is 11.2. The van der Waals surface area contributed by atoms with Crippen molar-refractivity contribution in [2.75, 3.05) is 5.32 Å². The average molecular weight is 455 g/mol. The Labute approximate surface area is 194 Å². The molecule has 5 aromatic rings. The molecule has 0 aliphatic heterocycles. The van der Waals surface area contributed by atoms with Gasteiger partial charge in [-0.05, 0) is 61.2 Å². The van der Waals surface area contributed by atoms with Crippen LogP contribution in [0.5, 0.6) is 0 Å². The number of benzene rings is 2. The Hall–Kier alpha value is -3.84. The van der Waals surface area contributed by atoms with Crippen LogP contribution in [0.1, 0.15) is 16.8 Å². The molecule has 1 N–H and O–H groups in total. The number of hydrogen-bond acceptors (Lipinski definition) is 5. The molecule has 3 aromatic heterocycles. The fourth-order valence-corrected chi connectivity index (χ4v) is 5.29. The number of carbonyl (C=O) groups is 1. The van der Waals surface area contributed by atoms with Crippen LogP contribution in [0.3, 0.4) is 0 Å². The third-order valence-electron chi connectivity index (χ3n) is 5.45. The van der Waals surface area contributed by atoms with Gasteiger partial charge in [0, 0.05) is 16.8 Å². The van der Waals surface area contributed by atoms with Crippen LogP contribution in [0.15, 0.2) is 65.7 Å². The van der Waals surface area contributed by atoms with Crippen molar-refractivity contribution in [3.05, 3.63) is 88.1 Å². The van der Waals surface area contributed by atoms with Gasteiger partial charge in [0.15, 0.2) is 0 Å². The monoisotopic (exact) mass is 454 g/mol. The minimum Gasteiger partial charge on any atom is -0.325 e. The van der Waals surface area contributed by atoms with Gasteiger partial charge < -0.3 is 5.32 Å². The Bertz CT molecular complexity index is 1570. The van der Waals surface area contributed by atoms with Crippen molar-refractivity contribution in [3.8, 4) is 11.1 Å². The van der Waals surface area contributed by atoms with E-state index < -0.39 is 0 Å². The molecule has 3 heterocycles. The van der Waals surface area contributed by atoms with Gasteiger partial charge in [0.05, 0.1) is 11.8 Å². The summed E-state index contributed by atoms with van der Waals surface area (Å²) in [5.74, 6) is -0.275. The second kappa shape index (κ2) is 8.26. The maximum atomic E-state index is 13.3. The Kier molecular flexibility index (Phi) is 5.26. The van der Waals surface area contributed by atoms with E-state index in [0.717, 1.165) is 38.2 Å². The molecular weight excluding hydrogens is 432 g/mol. The number of anilines is 1. The standard InChI is InChI=1S/C26H22N4O2S/c1-15-9-16(2)11-19(10-15)29-21(31)13-30-14-27-23-22-20(18-7-5-4-6-8-18)12-17(3)28-25(22)33-24(23)26(30)32/h4-12,14H,13H2,1-3H3,(H,29,31). The lowest BCUT2D eigenvalue weighted by molar-refractivity contribution is -0.116. The van der Waals surface area contributed by atoms with E-state index in [-0.39, 0.29) is 18.0 Å². The van der Waals surface area contributed by atoms with Crippen LogP contribution in [0.4, 0.5) is 5.69 Å². The molecular formula is C26H22N4O2S. The van der Waals surface area contributed by atoms with Gasteiger partial charge in [-0.25, -0.2) is 9.97 Å². The van der Waals surface area contributed by atoms with Crippen molar-refractivity contribution in [1.82, 2.24) is 14.5 Å². The second-order valence-electron chi connectivity index (χ2n) is 8.24. The molecule has 5 rings (SSSR count). The number of hydrogen-bond donors (Lipinski definition) is 1. The molecule has 0 atom stereocenters. The second-order valence-corrected chi connectivity index (χ2v) is 9.24. The average Bonchev–Trinajstić information content (AvgIpc) is 3.14. The third kappa shape index (κ3) is 4.03. The molecule has 0 unspecified atom stereocenters. The van der Waals surface area contributed by atoms with E-state index in [9.17, 15) is 9.59 Å². The third-order valence-corrected chi connectivity index (χ3v) is 6.51. The summed E-state index contributed by atoms with van der Waals surface area (Å²) < 4.78 is 1.85. The summed E-state index contributed by atoms with van der Waals surface area (Å²) in [6, 6.07) is 17.9. The maximum Gasteiger partial charge on any atom is 0.271 e. The summed E-state index contributed by atoms with van der Waals surface area (Å²) in [4.78, 5) is 35.9. The SMILES string of the molecule is Cc1cc(C)cc(NC(=O)Cn2cnc3c(sc4nc(C)cc(-c5ccccc5)c43)c2=O)c1. The summed E-state index contributed by atoms with van der Waals surface area (Å²) in [6.07, 6.45) is 1.45. The van der Waals surface area contributed by atoms with Crippen molar-refractivity contribution < 1.29 is 4.79 Å². The predicted octanol–water partition coefficient (Wildman–Crippen LogP) is 5.24. The lowest BCUT2D eigenvalue weighted by atomic mass is 10.0. The van der Waals surface area contributed by atoms with Crippen molar-refractivity contribution in [1.29, 1.82) is 0 Å². The molecule has 0 fully saturated rings. The number of rotatable bonds is 4. The summed E-state index contributed by atoms with van der Waals surface area (Å²) >= 11 is 1.32. The molecule has 0 aliphatic carbocycles. The molecule has 33 heavy (non-hydrogen) atoms. The van der Waals surface area contributed by atoms with Crippen LogP contribution in [0, 0.1) is 20.8 Å². The van der Waals surface area contributed by atoms with Gasteiger partial charge in [0.2, 0.25) is 5.91 Å². The van der Waals surface area contributed by atoms with Crippen molar-refractivity contribution >= 4 is 43.4 Å². The van der Waals surface area contributed by atoms with E-state index in [1.54, 1.807) is 0 Å². The Morgan fingerprint density at radius 2 is 1.76 bits per heavy atom. The van der Waals surface area contributed by atoms with Crippen LogP contribution in [-0.4, -0.2) is 20.4 Å². The van der Waals surface area contributed by atoms with Crippen molar-refractivity contribution in [3.63, 3.8) is 0 Å². The van der Waals surface area contributed by atoms with Gasteiger partial charge >= 0.3 is 0 Å². The van der Waals surface area contributed by atoms with Crippen LogP contribution in [-0.2, 0) is 11.3 Å². The summed E-state index contributed by atoms with van der Waals surface area (Å²) in [7, 11) is 0. The smallest absolute Gasteiger partial charge is 0.271 e. The molecule has 164 valence electrons. The van der Waals surface area contributed by atoms with Crippen LogP contribution in [0.25, 0.3) is 31.6 Å². The molecule has 0 bridgehead atoms. The van der Waals surface area contributed by atoms with E-state index in [4.69, 9.17) is 0 Å². The number of pyridine rings is 1. The van der Waals surface area contributed by atoms with Crippen molar-refractivity contribution in [2.45, 2.75) is 27.3 Å². The number of aromatic nitrogens is 3. The molecule has 0 saturated carbocycles. The van der Waals surface area contributed by atoms with Crippen LogP contribution >= 0.6 is 11.3 Å². The molecule has 0 aliphatic rings. The van der Waals surface area contributed by atoms with Gasteiger partial charge in [-0.15, -0.1) is 11.3 Å². The van der Waals surface area contributed by atoms with Crippen LogP contribution < -0.4 is 10.9 Å². The highest BCUT2D eigenvalue weighted by atomic mass is 32.1. The quantitative estimate of drug-likeness (QED) is 0.403. The largest absolute Gasteiger partial charge is 0.325 e. The fourth-order valence-electron chi connectivity index (χ4n) is 4.14. The first-order chi connectivity index (χ1) is 15.9. The first-order valence-corrected chi connectivity index (χ1v) is 11.4. The van der Waals surface area contributed by atoms with Gasteiger partial charge in [-0.1, -0.05) is 36.4 Å². The first-order valence-electron chi connectivity index (χ1n) is 10.6. The lowest BCUT2D eigenvalue weighted by Gasteiger charge is -2.09. The van der Waals surface area contributed by atoms with E-state index in [1.807, 2.05) is 75.4 Å². The number of carbonyl (C=O) groups excluding carboxylic acids is 1. The van der Waals surface area contributed by atoms with Crippen molar-refractivity contribution in [2.24, 2.45) is 0 Å². The lowest BCUT2D eigenvalue weighted by Crippen LogP contribution is -2.27. The Morgan fingerprint density at radius 3 is 2.48 bits per heavy atom.